The van der Waals surface area contributed by atoms with E-state index in [0.717, 1.165) is 12.1 Å². The first-order valence-corrected chi connectivity index (χ1v) is 8.51. The van der Waals surface area contributed by atoms with Crippen molar-refractivity contribution in [2.24, 2.45) is 0 Å². The van der Waals surface area contributed by atoms with Gasteiger partial charge in [-0.15, -0.1) is 0 Å². The van der Waals surface area contributed by atoms with Crippen LogP contribution in [0.25, 0.3) is 10.9 Å². The van der Waals surface area contributed by atoms with Crippen molar-refractivity contribution in [3.63, 3.8) is 0 Å². The van der Waals surface area contributed by atoms with Gasteiger partial charge in [0, 0.05) is 27.7 Å². The number of fused-ring (bicyclic) bond motifs is 1. The minimum absolute atomic E-state index is 0.178. The van der Waals surface area contributed by atoms with E-state index in [0.29, 0.717) is 21.7 Å². The zero-order valence-electron chi connectivity index (χ0n) is 14.9. The summed E-state index contributed by atoms with van der Waals surface area (Å²) in [6.45, 7) is 4.58. The molecule has 3 aromatic rings. The molecule has 140 valence electrons. The Morgan fingerprint density at radius 3 is 2.44 bits per heavy atom. The molecule has 0 bridgehead atoms. The van der Waals surface area contributed by atoms with Crippen LogP contribution in [0.15, 0.2) is 36.4 Å². The smallest absolute Gasteiger partial charge is 0.313 e. The van der Waals surface area contributed by atoms with E-state index in [4.69, 9.17) is 11.6 Å². The number of benzene rings is 2. The number of halogens is 2. The monoisotopic (exact) mass is 389 g/mol. The van der Waals surface area contributed by atoms with Gasteiger partial charge in [-0.25, -0.2) is 4.39 Å². The Labute approximate surface area is 159 Å². The maximum Gasteiger partial charge on any atom is 0.313 e. The molecule has 0 fully saturated rings. The van der Waals surface area contributed by atoms with Gasteiger partial charge < -0.3 is 10.2 Å². The van der Waals surface area contributed by atoms with Crippen molar-refractivity contribution in [2.75, 3.05) is 0 Å². The van der Waals surface area contributed by atoms with Crippen molar-refractivity contribution in [3.8, 4) is 5.75 Å². The van der Waals surface area contributed by atoms with Crippen LogP contribution in [-0.4, -0.2) is 26.7 Å². The van der Waals surface area contributed by atoms with Crippen molar-refractivity contribution in [1.82, 2.24) is 4.57 Å². The lowest BCUT2D eigenvalue weighted by Gasteiger charge is -2.20. The molecule has 0 saturated heterocycles. The standard InChI is InChI=1S/C20H17ClFNO4/c1-10-17(20(2,3)19(26)27)13-8-16(24)14(22)9-15(13)23(10)18(25)11-5-4-6-12(21)7-11/h4-9,24H,1-3H3,(H,26,27). The van der Waals surface area contributed by atoms with E-state index in [1.165, 1.54) is 24.5 Å². The van der Waals surface area contributed by atoms with Gasteiger partial charge in [0.1, 0.15) is 0 Å². The van der Waals surface area contributed by atoms with Crippen LogP contribution in [0.2, 0.25) is 5.02 Å². The first-order valence-electron chi connectivity index (χ1n) is 8.13. The highest BCUT2D eigenvalue weighted by Gasteiger charge is 2.36. The lowest BCUT2D eigenvalue weighted by molar-refractivity contribution is -0.142. The van der Waals surface area contributed by atoms with Gasteiger partial charge in [-0.05, 0) is 50.6 Å². The number of carboxylic acid groups (broad SMARTS) is 1. The zero-order valence-corrected chi connectivity index (χ0v) is 15.6. The number of carboxylic acids is 1. The Hall–Kier alpha value is -2.86. The van der Waals surface area contributed by atoms with E-state index < -0.39 is 28.9 Å². The summed E-state index contributed by atoms with van der Waals surface area (Å²) in [5, 5.41) is 20.1. The second-order valence-corrected chi connectivity index (χ2v) is 7.30. The molecule has 0 radical (unpaired) electrons. The van der Waals surface area contributed by atoms with Crippen LogP contribution >= 0.6 is 11.6 Å². The van der Waals surface area contributed by atoms with E-state index in [1.807, 2.05) is 0 Å². The number of rotatable bonds is 3. The summed E-state index contributed by atoms with van der Waals surface area (Å²) in [5.41, 5.74) is -0.234. The number of phenols is 1. The number of carbonyl (C=O) groups excluding carboxylic acids is 1. The molecule has 27 heavy (non-hydrogen) atoms. The van der Waals surface area contributed by atoms with Crippen LogP contribution in [0.4, 0.5) is 4.39 Å². The molecule has 5 nitrogen and oxygen atoms in total. The number of carbonyl (C=O) groups is 2. The third-order valence-electron chi connectivity index (χ3n) is 4.71. The summed E-state index contributed by atoms with van der Waals surface area (Å²) in [7, 11) is 0. The van der Waals surface area contributed by atoms with E-state index in [2.05, 4.69) is 0 Å². The maximum absolute atomic E-state index is 14.0. The Morgan fingerprint density at radius 2 is 1.85 bits per heavy atom. The van der Waals surface area contributed by atoms with Gasteiger partial charge in [0.25, 0.3) is 5.91 Å². The van der Waals surface area contributed by atoms with E-state index >= 15 is 0 Å². The molecule has 0 atom stereocenters. The van der Waals surface area contributed by atoms with Crippen LogP contribution in [0.1, 0.15) is 35.5 Å². The molecular formula is C20H17ClFNO4. The SMILES string of the molecule is Cc1c(C(C)(C)C(=O)O)c2cc(O)c(F)cc2n1C(=O)c1cccc(Cl)c1. The largest absolute Gasteiger partial charge is 0.505 e. The van der Waals surface area contributed by atoms with Crippen molar-refractivity contribution < 1.29 is 24.2 Å². The maximum atomic E-state index is 14.0. The summed E-state index contributed by atoms with van der Waals surface area (Å²) in [6, 6.07) is 8.47. The first kappa shape index (κ1) is 18.9. The quantitative estimate of drug-likeness (QED) is 0.691. The van der Waals surface area contributed by atoms with Gasteiger partial charge in [-0.2, -0.15) is 0 Å². The van der Waals surface area contributed by atoms with Crippen LogP contribution in [0.3, 0.4) is 0 Å². The van der Waals surface area contributed by atoms with Gasteiger partial charge in [-0.1, -0.05) is 17.7 Å². The van der Waals surface area contributed by atoms with E-state index in [1.54, 1.807) is 25.1 Å². The zero-order chi connectivity index (χ0) is 20.1. The molecule has 0 aliphatic carbocycles. The molecular weight excluding hydrogens is 373 g/mol. The minimum atomic E-state index is -1.37. The number of hydrogen-bond donors (Lipinski definition) is 2. The molecule has 3 rings (SSSR count). The van der Waals surface area contributed by atoms with Gasteiger partial charge in [-0.3, -0.25) is 14.2 Å². The van der Waals surface area contributed by atoms with Gasteiger partial charge in [0.05, 0.1) is 10.9 Å². The topological polar surface area (TPSA) is 79.5 Å². The van der Waals surface area contributed by atoms with Crippen molar-refractivity contribution >= 4 is 34.4 Å². The molecule has 0 unspecified atom stereocenters. The van der Waals surface area contributed by atoms with E-state index in [9.17, 15) is 24.2 Å². The number of aromatic hydroxyl groups is 1. The highest BCUT2D eigenvalue weighted by Crippen LogP contribution is 2.38. The molecule has 0 amide bonds. The third kappa shape index (κ3) is 2.96. The predicted molar refractivity (Wildman–Crippen MR) is 100 cm³/mol. The Bertz CT molecular complexity index is 1100. The number of nitrogens with zero attached hydrogens (tertiary/aromatic N) is 1. The average Bonchev–Trinajstić information content (AvgIpc) is 2.86. The van der Waals surface area contributed by atoms with Crippen LogP contribution < -0.4 is 0 Å². The average molecular weight is 390 g/mol. The molecule has 0 aliphatic rings. The second-order valence-electron chi connectivity index (χ2n) is 6.86. The second kappa shape index (κ2) is 6.39. The highest BCUT2D eigenvalue weighted by atomic mass is 35.5. The van der Waals surface area contributed by atoms with E-state index in [-0.39, 0.29) is 11.1 Å². The third-order valence-corrected chi connectivity index (χ3v) is 4.94. The number of phenolic OH excluding ortho intramolecular Hbond substituents is 1. The van der Waals surface area contributed by atoms with Crippen LogP contribution in [0.5, 0.6) is 5.75 Å². The first-order chi connectivity index (χ1) is 12.6. The summed E-state index contributed by atoms with van der Waals surface area (Å²) in [6.07, 6.45) is 0. The number of hydrogen-bond acceptors (Lipinski definition) is 3. The van der Waals surface area contributed by atoms with Crippen molar-refractivity contribution in [2.45, 2.75) is 26.2 Å². The van der Waals surface area contributed by atoms with Crippen molar-refractivity contribution in [3.05, 3.63) is 64.1 Å². The minimum Gasteiger partial charge on any atom is -0.505 e. The molecule has 0 aliphatic heterocycles. The molecule has 7 heteroatoms. The van der Waals surface area contributed by atoms with Gasteiger partial charge in [0.15, 0.2) is 11.6 Å². The molecule has 2 aromatic carbocycles. The molecule has 2 N–H and O–H groups in total. The molecule has 0 saturated carbocycles. The Morgan fingerprint density at radius 1 is 1.19 bits per heavy atom. The lowest BCUT2D eigenvalue weighted by Crippen LogP contribution is -2.29. The number of aromatic nitrogens is 1. The fourth-order valence-corrected chi connectivity index (χ4v) is 3.52. The van der Waals surface area contributed by atoms with Gasteiger partial charge >= 0.3 is 5.97 Å². The number of aliphatic carboxylic acids is 1. The Balaban J connectivity index is 2.40. The fourth-order valence-electron chi connectivity index (χ4n) is 3.33. The summed E-state index contributed by atoms with van der Waals surface area (Å²) in [4.78, 5) is 24.9. The normalized spacial score (nSPS) is 11.7. The van der Waals surface area contributed by atoms with Crippen molar-refractivity contribution in [1.29, 1.82) is 0 Å². The molecule has 0 spiro atoms. The molecule has 1 heterocycles. The van der Waals surface area contributed by atoms with Gasteiger partial charge in [0.2, 0.25) is 0 Å². The summed E-state index contributed by atoms with van der Waals surface area (Å²) < 4.78 is 15.3. The van der Waals surface area contributed by atoms with Crippen LogP contribution in [-0.2, 0) is 10.2 Å². The summed E-state index contributed by atoms with van der Waals surface area (Å²) in [5.74, 6) is -3.10. The highest BCUT2D eigenvalue weighted by molar-refractivity contribution is 6.31. The Kier molecular flexibility index (Phi) is 4.48. The summed E-state index contributed by atoms with van der Waals surface area (Å²) >= 11 is 5.97. The predicted octanol–water partition coefficient (Wildman–Crippen LogP) is 4.50. The molecule has 1 aromatic heterocycles. The lowest BCUT2D eigenvalue weighted by atomic mass is 9.83. The fraction of sp³-hybridized carbons (Fsp3) is 0.200. The van der Waals surface area contributed by atoms with Crippen LogP contribution in [0, 0.1) is 12.7 Å².